The Morgan fingerprint density at radius 3 is 2.38 bits per heavy atom. The lowest BCUT2D eigenvalue weighted by atomic mass is 10.2. The van der Waals surface area contributed by atoms with Crippen LogP contribution in [-0.4, -0.2) is 0 Å². The van der Waals surface area contributed by atoms with Crippen LogP contribution in [0.4, 0.5) is 0 Å². The minimum atomic E-state index is 1.18. The summed E-state index contributed by atoms with van der Waals surface area (Å²) in [7, 11) is 0. The SMILES string of the molecule is C=c1sc(C)c(C)/c1=C/C(C)=C\C. The largest absolute Gasteiger partial charge is 0.141 e. The molecule has 0 atom stereocenters. The Morgan fingerprint density at radius 2 is 2.00 bits per heavy atom. The van der Waals surface area contributed by atoms with Gasteiger partial charge < -0.3 is 0 Å². The van der Waals surface area contributed by atoms with Crippen molar-refractivity contribution in [1.82, 2.24) is 0 Å². The van der Waals surface area contributed by atoms with Gasteiger partial charge in [-0.05, 0) is 38.5 Å². The second-order valence-electron chi connectivity index (χ2n) is 3.30. The summed E-state index contributed by atoms with van der Waals surface area (Å²) in [6.07, 6.45) is 4.33. The topological polar surface area (TPSA) is 0 Å². The molecule has 0 nitrogen and oxygen atoms in total. The van der Waals surface area contributed by atoms with Crippen molar-refractivity contribution >= 4 is 24.0 Å². The number of hydrogen-bond donors (Lipinski definition) is 0. The number of thiophene rings is 1. The molecule has 0 saturated carbocycles. The molecule has 0 spiro atoms. The van der Waals surface area contributed by atoms with Gasteiger partial charge in [0.1, 0.15) is 0 Å². The number of hydrogen-bond acceptors (Lipinski definition) is 1. The Bertz CT molecular complexity index is 432. The van der Waals surface area contributed by atoms with Crippen LogP contribution in [0.1, 0.15) is 24.3 Å². The summed E-state index contributed by atoms with van der Waals surface area (Å²) in [5.74, 6) is 0. The molecule has 13 heavy (non-hydrogen) atoms. The summed E-state index contributed by atoms with van der Waals surface area (Å²) in [6, 6.07) is 0. The van der Waals surface area contributed by atoms with Crippen LogP contribution in [0.5, 0.6) is 0 Å². The maximum absolute atomic E-state index is 4.05. The van der Waals surface area contributed by atoms with Crippen LogP contribution in [0.15, 0.2) is 11.6 Å². The molecule has 0 N–H and O–H groups in total. The molecule has 0 aliphatic rings. The molecule has 0 unspecified atom stereocenters. The highest BCUT2D eigenvalue weighted by molar-refractivity contribution is 7.09. The molecule has 1 aromatic rings. The second kappa shape index (κ2) is 3.93. The zero-order chi connectivity index (χ0) is 10.0. The van der Waals surface area contributed by atoms with E-state index in [4.69, 9.17) is 0 Å². The predicted octanol–water partition coefficient (Wildman–Crippen LogP) is 2.52. The lowest BCUT2D eigenvalue weighted by molar-refractivity contribution is 1.38. The molecule has 0 aliphatic carbocycles. The van der Waals surface area contributed by atoms with Gasteiger partial charge in [0.25, 0.3) is 0 Å². The fraction of sp³-hybridized carbons (Fsp3) is 0.333. The van der Waals surface area contributed by atoms with Gasteiger partial charge in [-0.15, -0.1) is 11.3 Å². The first-order valence-corrected chi connectivity index (χ1v) is 5.27. The molecular formula is C12H16S. The first kappa shape index (κ1) is 10.3. The normalized spacial score (nSPS) is 13.8. The molecular weight excluding hydrogens is 176 g/mol. The van der Waals surface area contributed by atoms with E-state index in [0.29, 0.717) is 0 Å². The zero-order valence-electron chi connectivity index (χ0n) is 8.77. The van der Waals surface area contributed by atoms with Gasteiger partial charge in [-0.1, -0.05) is 24.3 Å². The fourth-order valence-corrected chi connectivity index (χ4v) is 2.17. The highest BCUT2D eigenvalue weighted by Crippen LogP contribution is 2.04. The fourth-order valence-electron chi connectivity index (χ4n) is 1.21. The quantitative estimate of drug-likeness (QED) is 0.641. The molecule has 0 radical (unpaired) electrons. The Hall–Kier alpha value is -0.820. The molecule has 0 amide bonds. The van der Waals surface area contributed by atoms with Crippen LogP contribution in [0.2, 0.25) is 0 Å². The Kier molecular flexibility index (Phi) is 3.10. The lowest BCUT2D eigenvalue weighted by Gasteiger charge is -1.89. The summed E-state index contributed by atoms with van der Waals surface area (Å²) in [5.41, 5.74) is 2.67. The van der Waals surface area contributed by atoms with Crippen molar-refractivity contribution in [3.8, 4) is 0 Å². The Morgan fingerprint density at radius 1 is 1.38 bits per heavy atom. The standard InChI is InChI=1S/C12H16S/c1-6-8(2)7-12-9(3)10(4)13-11(12)5/h6-7H,5H2,1-4H3/b8-6-,12-7-. The van der Waals surface area contributed by atoms with E-state index in [1.807, 2.05) is 0 Å². The number of aryl methyl sites for hydroxylation is 1. The summed E-state index contributed by atoms with van der Waals surface area (Å²) in [4.78, 5) is 1.38. The molecule has 0 aromatic carbocycles. The van der Waals surface area contributed by atoms with Crippen molar-refractivity contribution < 1.29 is 0 Å². The van der Waals surface area contributed by atoms with Crippen molar-refractivity contribution in [1.29, 1.82) is 0 Å². The highest BCUT2D eigenvalue weighted by atomic mass is 32.1. The van der Waals surface area contributed by atoms with Crippen LogP contribution >= 0.6 is 11.3 Å². The van der Waals surface area contributed by atoms with Crippen molar-refractivity contribution in [2.75, 3.05) is 0 Å². The van der Waals surface area contributed by atoms with E-state index >= 15 is 0 Å². The van der Waals surface area contributed by atoms with E-state index in [1.165, 1.54) is 25.8 Å². The number of rotatable bonds is 1. The molecule has 0 bridgehead atoms. The monoisotopic (exact) mass is 192 g/mol. The summed E-state index contributed by atoms with van der Waals surface area (Å²) in [5, 5.41) is 1.30. The summed E-state index contributed by atoms with van der Waals surface area (Å²) < 4.78 is 1.18. The van der Waals surface area contributed by atoms with E-state index in [0.717, 1.165) is 0 Å². The van der Waals surface area contributed by atoms with Crippen LogP contribution in [0.3, 0.4) is 0 Å². The van der Waals surface area contributed by atoms with Gasteiger partial charge in [0, 0.05) is 9.41 Å². The molecule has 70 valence electrons. The van der Waals surface area contributed by atoms with Gasteiger partial charge in [-0.2, -0.15) is 0 Å². The van der Waals surface area contributed by atoms with Crippen LogP contribution in [0.25, 0.3) is 12.7 Å². The van der Waals surface area contributed by atoms with Crippen molar-refractivity contribution in [2.45, 2.75) is 27.7 Å². The van der Waals surface area contributed by atoms with Crippen LogP contribution in [-0.2, 0) is 0 Å². The molecule has 1 heteroatoms. The van der Waals surface area contributed by atoms with Gasteiger partial charge in [0.2, 0.25) is 0 Å². The van der Waals surface area contributed by atoms with E-state index in [-0.39, 0.29) is 0 Å². The minimum absolute atomic E-state index is 1.18. The molecule has 1 aromatic heterocycles. The molecule has 0 fully saturated rings. The van der Waals surface area contributed by atoms with Gasteiger partial charge in [-0.3, -0.25) is 0 Å². The third-order valence-corrected chi connectivity index (χ3v) is 3.41. The second-order valence-corrected chi connectivity index (χ2v) is 4.61. The minimum Gasteiger partial charge on any atom is -0.141 e. The highest BCUT2D eigenvalue weighted by Gasteiger charge is 1.98. The van der Waals surface area contributed by atoms with E-state index in [2.05, 4.69) is 46.4 Å². The summed E-state index contributed by atoms with van der Waals surface area (Å²) >= 11 is 1.78. The van der Waals surface area contributed by atoms with E-state index in [1.54, 1.807) is 11.3 Å². The van der Waals surface area contributed by atoms with Gasteiger partial charge in [0.05, 0.1) is 0 Å². The van der Waals surface area contributed by atoms with Crippen LogP contribution in [0, 0.1) is 13.8 Å². The molecule has 1 heterocycles. The van der Waals surface area contributed by atoms with Crippen molar-refractivity contribution in [3.05, 3.63) is 31.8 Å². The zero-order valence-corrected chi connectivity index (χ0v) is 9.59. The average molecular weight is 192 g/mol. The summed E-state index contributed by atoms with van der Waals surface area (Å²) in [6.45, 7) is 12.5. The first-order chi connectivity index (χ1) is 6.06. The maximum atomic E-state index is 4.05. The lowest BCUT2D eigenvalue weighted by Crippen LogP contribution is -2.18. The Labute approximate surface area is 83.9 Å². The molecule has 1 rings (SSSR count). The average Bonchev–Trinajstić information content (AvgIpc) is 2.32. The first-order valence-electron chi connectivity index (χ1n) is 4.46. The molecule has 0 aliphatic heterocycles. The Balaban J connectivity index is 3.46. The smallest absolute Gasteiger partial charge is 0.0276 e. The number of allylic oxidation sites excluding steroid dienone is 2. The molecule has 0 saturated heterocycles. The van der Waals surface area contributed by atoms with Crippen LogP contribution < -0.4 is 9.75 Å². The van der Waals surface area contributed by atoms with Gasteiger partial charge >= 0.3 is 0 Å². The van der Waals surface area contributed by atoms with E-state index in [9.17, 15) is 0 Å². The van der Waals surface area contributed by atoms with E-state index < -0.39 is 0 Å². The van der Waals surface area contributed by atoms with Gasteiger partial charge in [0.15, 0.2) is 0 Å². The maximum Gasteiger partial charge on any atom is 0.0276 e. The third kappa shape index (κ3) is 2.10. The van der Waals surface area contributed by atoms with Crippen molar-refractivity contribution in [2.24, 2.45) is 0 Å². The predicted molar refractivity (Wildman–Crippen MR) is 62.5 cm³/mol. The van der Waals surface area contributed by atoms with Crippen molar-refractivity contribution in [3.63, 3.8) is 0 Å². The van der Waals surface area contributed by atoms with Gasteiger partial charge in [-0.25, -0.2) is 0 Å². The third-order valence-electron chi connectivity index (χ3n) is 2.34.